The molecule has 0 aliphatic heterocycles. The number of nitrogens with zero attached hydrogens (tertiary/aromatic N) is 4. The van der Waals surface area contributed by atoms with Crippen molar-refractivity contribution in [3.05, 3.63) is 30.7 Å². The fourth-order valence-electron chi connectivity index (χ4n) is 1.20. The van der Waals surface area contributed by atoms with Crippen molar-refractivity contribution >= 4 is 5.82 Å². The molecule has 1 aromatic rings. The van der Waals surface area contributed by atoms with Crippen LogP contribution in [0, 0.1) is 11.3 Å². The molecule has 0 spiro atoms. The maximum absolute atomic E-state index is 8.88. The first-order chi connectivity index (χ1) is 7.33. The lowest BCUT2D eigenvalue weighted by Crippen LogP contribution is -2.28. The van der Waals surface area contributed by atoms with Gasteiger partial charge in [0.2, 0.25) is 0 Å². The summed E-state index contributed by atoms with van der Waals surface area (Å²) in [6.07, 6.45) is 4.67. The van der Waals surface area contributed by atoms with Gasteiger partial charge in [-0.2, -0.15) is 5.26 Å². The van der Waals surface area contributed by atoms with Gasteiger partial charge in [0.15, 0.2) is 11.5 Å². The summed E-state index contributed by atoms with van der Waals surface area (Å²) in [5.41, 5.74) is 0.257. The van der Waals surface area contributed by atoms with E-state index in [1.54, 1.807) is 11.0 Å². The van der Waals surface area contributed by atoms with Crippen molar-refractivity contribution in [2.75, 3.05) is 24.6 Å². The molecule has 0 saturated carbocycles. The Balaban J connectivity index is 2.99. The number of aliphatic hydroxyl groups is 1. The van der Waals surface area contributed by atoms with Crippen LogP contribution >= 0.6 is 0 Å². The van der Waals surface area contributed by atoms with Crippen molar-refractivity contribution in [3.63, 3.8) is 0 Å². The summed E-state index contributed by atoms with van der Waals surface area (Å²) >= 11 is 0. The van der Waals surface area contributed by atoms with Crippen LogP contribution in [0.4, 0.5) is 5.82 Å². The predicted molar refractivity (Wildman–Crippen MR) is 56.2 cm³/mol. The van der Waals surface area contributed by atoms with Crippen molar-refractivity contribution in [1.29, 1.82) is 5.26 Å². The van der Waals surface area contributed by atoms with Gasteiger partial charge in [-0.15, -0.1) is 6.58 Å². The molecule has 0 aromatic carbocycles. The van der Waals surface area contributed by atoms with Crippen LogP contribution in [0.5, 0.6) is 0 Å². The summed E-state index contributed by atoms with van der Waals surface area (Å²) in [5, 5.41) is 17.7. The van der Waals surface area contributed by atoms with Gasteiger partial charge >= 0.3 is 0 Å². The quantitative estimate of drug-likeness (QED) is 0.700. The Kier molecular flexibility index (Phi) is 4.26. The molecule has 0 radical (unpaired) electrons. The van der Waals surface area contributed by atoms with E-state index in [4.69, 9.17) is 10.4 Å². The Morgan fingerprint density at radius 2 is 2.27 bits per heavy atom. The van der Waals surface area contributed by atoms with Crippen LogP contribution in [0.2, 0.25) is 0 Å². The highest BCUT2D eigenvalue weighted by Crippen LogP contribution is 2.12. The van der Waals surface area contributed by atoms with Gasteiger partial charge in [-0.05, 0) is 0 Å². The first-order valence-corrected chi connectivity index (χ1v) is 4.51. The zero-order valence-electron chi connectivity index (χ0n) is 8.30. The SMILES string of the molecule is C=CCN(CCO)c1nccnc1C#N. The predicted octanol–water partition coefficient (Wildman–Crippen LogP) is 0.333. The van der Waals surface area contributed by atoms with Crippen molar-refractivity contribution in [3.8, 4) is 6.07 Å². The van der Waals surface area contributed by atoms with E-state index < -0.39 is 0 Å². The number of nitriles is 1. The van der Waals surface area contributed by atoms with Gasteiger partial charge in [-0.25, -0.2) is 9.97 Å². The van der Waals surface area contributed by atoms with Crippen LogP contribution in [-0.2, 0) is 0 Å². The van der Waals surface area contributed by atoms with Gasteiger partial charge in [0.05, 0.1) is 6.61 Å². The average Bonchev–Trinajstić information content (AvgIpc) is 2.29. The van der Waals surface area contributed by atoms with Crippen LogP contribution in [-0.4, -0.2) is 34.8 Å². The summed E-state index contributed by atoms with van der Waals surface area (Å²) in [4.78, 5) is 9.72. The van der Waals surface area contributed by atoms with Crippen molar-refractivity contribution < 1.29 is 5.11 Å². The number of aromatic nitrogens is 2. The van der Waals surface area contributed by atoms with Crippen molar-refractivity contribution in [2.45, 2.75) is 0 Å². The lowest BCUT2D eigenvalue weighted by atomic mass is 10.3. The average molecular weight is 204 g/mol. The van der Waals surface area contributed by atoms with E-state index in [2.05, 4.69) is 16.5 Å². The number of aliphatic hydroxyl groups excluding tert-OH is 1. The lowest BCUT2D eigenvalue weighted by molar-refractivity contribution is 0.302. The standard InChI is InChI=1S/C10H12N4O/c1-2-5-14(6-7-15)10-9(8-11)12-3-4-13-10/h2-4,15H,1,5-7H2. The normalized spacial score (nSPS) is 9.33. The van der Waals surface area contributed by atoms with E-state index in [1.807, 2.05) is 6.07 Å². The lowest BCUT2D eigenvalue weighted by Gasteiger charge is -2.20. The highest BCUT2D eigenvalue weighted by Gasteiger charge is 2.11. The third-order valence-corrected chi connectivity index (χ3v) is 1.80. The molecule has 0 aliphatic carbocycles. The van der Waals surface area contributed by atoms with Gasteiger partial charge in [0.25, 0.3) is 0 Å². The summed E-state index contributed by atoms with van der Waals surface area (Å²) in [7, 11) is 0. The van der Waals surface area contributed by atoms with Crippen molar-refractivity contribution in [2.24, 2.45) is 0 Å². The highest BCUT2D eigenvalue weighted by molar-refractivity contribution is 5.49. The van der Waals surface area contributed by atoms with Crippen LogP contribution in [0.15, 0.2) is 25.0 Å². The second-order valence-electron chi connectivity index (χ2n) is 2.80. The molecule has 0 bridgehead atoms. The molecule has 0 unspecified atom stereocenters. The third kappa shape index (κ3) is 2.76. The summed E-state index contributed by atoms with van der Waals surface area (Å²) in [6, 6.07) is 1.96. The number of rotatable bonds is 5. The van der Waals surface area contributed by atoms with Gasteiger partial charge in [-0.1, -0.05) is 6.08 Å². The van der Waals surface area contributed by atoms with E-state index in [0.717, 1.165) is 0 Å². The number of hydrogen-bond donors (Lipinski definition) is 1. The molecule has 1 heterocycles. The second kappa shape index (κ2) is 5.73. The topological polar surface area (TPSA) is 73.0 Å². The third-order valence-electron chi connectivity index (χ3n) is 1.80. The molecule has 5 heteroatoms. The summed E-state index contributed by atoms with van der Waals surface area (Å²) in [6.45, 7) is 4.53. The molecule has 5 nitrogen and oxygen atoms in total. The van der Waals surface area contributed by atoms with Crippen LogP contribution < -0.4 is 4.90 Å². The maximum atomic E-state index is 8.88. The van der Waals surface area contributed by atoms with Gasteiger partial charge < -0.3 is 10.0 Å². The van der Waals surface area contributed by atoms with Crippen LogP contribution in [0.1, 0.15) is 5.69 Å². The molecule has 78 valence electrons. The van der Waals surface area contributed by atoms with Gasteiger partial charge in [-0.3, -0.25) is 0 Å². The Morgan fingerprint density at radius 3 is 2.87 bits per heavy atom. The molecule has 0 amide bonds. The van der Waals surface area contributed by atoms with Gasteiger partial charge in [0.1, 0.15) is 6.07 Å². The molecule has 0 fully saturated rings. The summed E-state index contributed by atoms with van der Waals surface area (Å²) < 4.78 is 0. The molecule has 0 saturated heterocycles. The first kappa shape index (κ1) is 11.1. The van der Waals surface area contributed by atoms with Crippen molar-refractivity contribution in [1.82, 2.24) is 9.97 Å². The monoisotopic (exact) mass is 204 g/mol. The van der Waals surface area contributed by atoms with Crippen LogP contribution in [0.25, 0.3) is 0 Å². The molecule has 1 N–H and O–H groups in total. The molecule has 1 rings (SSSR count). The molecular formula is C10H12N4O. The minimum atomic E-state index is -0.00468. The Bertz CT molecular complexity index is 372. The fraction of sp³-hybridized carbons (Fsp3) is 0.300. The number of hydrogen-bond acceptors (Lipinski definition) is 5. The zero-order chi connectivity index (χ0) is 11.1. The number of anilines is 1. The fourth-order valence-corrected chi connectivity index (χ4v) is 1.20. The second-order valence-corrected chi connectivity index (χ2v) is 2.80. The van der Waals surface area contributed by atoms with Gasteiger partial charge in [0, 0.05) is 25.5 Å². The molecule has 1 aromatic heterocycles. The molecule has 15 heavy (non-hydrogen) atoms. The Labute approximate surface area is 88.3 Å². The van der Waals surface area contributed by atoms with E-state index in [9.17, 15) is 0 Å². The zero-order valence-corrected chi connectivity index (χ0v) is 8.30. The Hall–Kier alpha value is -1.93. The van der Waals surface area contributed by atoms with Crippen LogP contribution in [0.3, 0.4) is 0 Å². The Morgan fingerprint density at radius 1 is 1.53 bits per heavy atom. The maximum Gasteiger partial charge on any atom is 0.183 e. The smallest absolute Gasteiger partial charge is 0.183 e. The minimum absolute atomic E-state index is 0.00468. The molecule has 0 atom stereocenters. The minimum Gasteiger partial charge on any atom is -0.395 e. The summed E-state index contributed by atoms with van der Waals surface area (Å²) in [5.74, 6) is 0.481. The van der Waals surface area contributed by atoms with E-state index in [1.165, 1.54) is 12.4 Å². The largest absolute Gasteiger partial charge is 0.395 e. The van der Waals surface area contributed by atoms with E-state index in [0.29, 0.717) is 18.9 Å². The highest BCUT2D eigenvalue weighted by atomic mass is 16.3. The van der Waals surface area contributed by atoms with E-state index in [-0.39, 0.29) is 12.3 Å². The molecule has 0 aliphatic rings. The molecular weight excluding hydrogens is 192 g/mol. The van der Waals surface area contributed by atoms with E-state index >= 15 is 0 Å². The first-order valence-electron chi connectivity index (χ1n) is 4.51.